The molecule has 1 aliphatic heterocycles. The van der Waals surface area contributed by atoms with E-state index >= 15 is 0 Å². The maximum atomic E-state index is 3.85. The average Bonchev–Trinajstić information content (AvgIpc) is 2.50. The highest BCUT2D eigenvalue weighted by Gasteiger charge is 2.22. The fraction of sp³-hybridized carbons (Fsp3) is 0.368. The quantitative estimate of drug-likeness (QED) is 0.836. The molecule has 2 unspecified atom stereocenters. The summed E-state index contributed by atoms with van der Waals surface area (Å²) in [4.78, 5) is 1.44. The molecule has 2 heteroatoms. The Balaban J connectivity index is 1.82. The highest BCUT2D eigenvalue weighted by molar-refractivity contribution is 7.99. The number of rotatable bonds is 3. The van der Waals surface area contributed by atoms with Crippen molar-refractivity contribution >= 4 is 11.8 Å². The first-order chi connectivity index (χ1) is 10.1. The van der Waals surface area contributed by atoms with Crippen molar-refractivity contribution in [2.45, 2.75) is 44.2 Å². The molecule has 3 rings (SSSR count). The number of aryl methyl sites for hydroxylation is 2. The van der Waals surface area contributed by atoms with Gasteiger partial charge in [0.15, 0.2) is 0 Å². The van der Waals surface area contributed by atoms with E-state index in [0.717, 1.165) is 0 Å². The number of benzene rings is 2. The molecular weight excluding hydrogens is 274 g/mol. The molecule has 110 valence electrons. The maximum absolute atomic E-state index is 3.85. The molecule has 0 saturated heterocycles. The first-order valence-electron chi connectivity index (χ1n) is 7.70. The van der Waals surface area contributed by atoms with E-state index in [-0.39, 0.29) is 0 Å². The number of hydrogen-bond acceptors (Lipinski definition) is 2. The molecule has 0 aliphatic carbocycles. The minimum atomic E-state index is 0.381. The van der Waals surface area contributed by atoms with Gasteiger partial charge in [0.05, 0.1) is 0 Å². The lowest BCUT2D eigenvalue weighted by Crippen LogP contribution is -2.27. The van der Waals surface area contributed by atoms with Gasteiger partial charge in [-0.15, -0.1) is 11.8 Å². The van der Waals surface area contributed by atoms with E-state index in [1.165, 1.54) is 39.3 Å². The van der Waals surface area contributed by atoms with Crippen LogP contribution in [0.15, 0.2) is 47.4 Å². The van der Waals surface area contributed by atoms with Crippen molar-refractivity contribution < 1.29 is 0 Å². The van der Waals surface area contributed by atoms with Crippen molar-refractivity contribution in [3.05, 3.63) is 64.7 Å². The predicted octanol–water partition coefficient (Wildman–Crippen LogP) is 5.19. The fourth-order valence-electron chi connectivity index (χ4n) is 3.13. The van der Waals surface area contributed by atoms with Gasteiger partial charge < -0.3 is 5.32 Å². The van der Waals surface area contributed by atoms with Crippen LogP contribution < -0.4 is 5.32 Å². The van der Waals surface area contributed by atoms with Crippen LogP contribution in [0.25, 0.3) is 0 Å². The van der Waals surface area contributed by atoms with Gasteiger partial charge in [0, 0.05) is 17.0 Å². The number of hydrogen-bond donors (Lipinski definition) is 1. The van der Waals surface area contributed by atoms with E-state index in [4.69, 9.17) is 0 Å². The molecule has 2 atom stereocenters. The summed E-state index contributed by atoms with van der Waals surface area (Å²) < 4.78 is 0. The van der Waals surface area contributed by atoms with Crippen molar-refractivity contribution in [1.82, 2.24) is 5.32 Å². The van der Waals surface area contributed by atoms with E-state index in [0.29, 0.717) is 12.1 Å². The normalized spacial score (nSPS) is 19.1. The fourth-order valence-corrected chi connectivity index (χ4v) is 4.26. The van der Waals surface area contributed by atoms with E-state index in [2.05, 4.69) is 68.6 Å². The largest absolute Gasteiger partial charge is 0.303 e. The molecule has 1 aliphatic rings. The first-order valence-corrected chi connectivity index (χ1v) is 8.68. The summed E-state index contributed by atoms with van der Waals surface area (Å²) in [5, 5.41) is 3.85. The predicted molar refractivity (Wildman–Crippen MR) is 92.0 cm³/mol. The van der Waals surface area contributed by atoms with Crippen LogP contribution in [0.3, 0.4) is 0 Å². The summed E-state index contributed by atoms with van der Waals surface area (Å²) in [5.41, 5.74) is 5.60. The summed E-state index contributed by atoms with van der Waals surface area (Å²) in [6.45, 7) is 6.66. The Morgan fingerprint density at radius 2 is 1.95 bits per heavy atom. The highest BCUT2D eigenvalue weighted by atomic mass is 32.2. The molecule has 0 spiro atoms. The van der Waals surface area contributed by atoms with E-state index in [1.807, 2.05) is 11.8 Å². The van der Waals surface area contributed by atoms with Gasteiger partial charge in [0.1, 0.15) is 0 Å². The second-order valence-corrected chi connectivity index (χ2v) is 7.11. The standard InChI is InChI=1S/C19H23NS/c1-13-8-9-14(2)17(12-13)15(3)20-18-10-11-21-19-7-5-4-6-16(18)19/h4-9,12,15,18,20H,10-11H2,1-3H3. The second kappa shape index (κ2) is 6.25. The molecule has 2 aromatic carbocycles. The van der Waals surface area contributed by atoms with Crippen LogP contribution >= 0.6 is 11.8 Å². The molecule has 0 radical (unpaired) electrons. The molecule has 1 nitrogen and oxygen atoms in total. The van der Waals surface area contributed by atoms with Crippen molar-refractivity contribution in [3.63, 3.8) is 0 Å². The number of nitrogens with one attached hydrogen (secondary N) is 1. The Hall–Kier alpha value is -1.25. The first kappa shape index (κ1) is 14.7. The monoisotopic (exact) mass is 297 g/mol. The van der Waals surface area contributed by atoms with Crippen LogP contribution in [0.5, 0.6) is 0 Å². The second-order valence-electron chi connectivity index (χ2n) is 5.98. The van der Waals surface area contributed by atoms with E-state index in [9.17, 15) is 0 Å². The van der Waals surface area contributed by atoms with Crippen LogP contribution in [0, 0.1) is 13.8 Å². The van der Waals surface area contributed by atoms with Gasteiger partial charge in [-0.2, -0.15) is 0 Å². The van der Waals surface area contributed by atoms with E-state index < -0.39 is 0 Å². The minimum Gasteiger partial charge on any atom is -0.303 e. The lowest BCUT2D eigenvalue weighted by atomic mass is 9.97. The van der Waals surface area contributed by atoms with Crippen molar-refractivity contribution in [2.75, 3.05) is 5.75 Å². The molecular formula is C19H23NS. The van der Waals surface area contributed by atoms with Gasteiger partial charge in [-0.1, -0.05) is 42.0 Å². The summed E-state index contributed by atoms with van der Waals surface area (Å²) in [6.07, 6.45) is 1.21. The lowest BCUT2D eigenvalue weighted by molar-refractivity contribution is 0.449. The summed E-state index contributed by atoms with van der Waals surface area (Å²) in [6, 6.07) is 16.4. The van der Waals surface area contributed by atoms with Crippen molar-refractivity contribution in [1.29, 1.82) is 0 Å². The third kappa shape index (κ3) is 3.17. The summed E-state index contributed by atoms with van der Waals surface area (Å²) in [5.74, 6) is 1.20. The topological polar surface area (TPSA) is 12.0 Å². The van der Waals surface area contributed by atoms with Gasteiger partial charge in [0.25, 0.3) is 0 Å². The molecule has 0 fully saturated rings. The Kier molecular flexibility index (Phi) is 4.37. The summed E-state index contributed by atoms with van der Waals surface area (Å²) >= 11 is 1.98. The van der Waals surface area contributed by atoms with Crippen LogP contribution in [0.2, 0.25) is 0 Å². The number of thioether (sulfide) groups is 1. The SMILES string of the molecule is Cc1ccc(C)c(C(C)NC2CCSc3ccccc32)c1. The van der Waals surface area contributed by atoms with Crippen LogP contribution in [0.4, 0.5) is 0 Å². The van der Waals surface area contributed by atoms with Crippen molar-refractivity contribution in [2.24, 2.45) is 0 Å². The van der Waals surface area contributed by atoms with Crippen LogP contribution in [0.1, 0.15) is 47.7 Å². The Bertz CT molecular complexity index is 635. The third-order valence-electron chi connectivity index (χ3n) is 4.31. The minimum absolute atomic E-state index is 0.381. The lowest BCUT2D eigenvalue weighted by Gasteiger charge is -2.29. The number of fused-ring (bicyclic) bond motifs is 1. The smallest absolute Gasteiger partial charge is 0.0344 e. The molecule has 2 aromatic rings. The van der Waals surface area contributed by atoms with Crippen LogP contribution in [-0.4, -0.2) is 5.75 Å². The van der Waals surface area contributed by atoms with Gasteiger partial charge in [0.2, 0.25) is 0 Å². The van der Waals surface area contributed by atoms with Crippen LogP contribution in [-0.2, 0) is 0 Å². The highest BCUT2D eigenvalue weighted by Crippen LogP contribution is 2.37. The molecule has 0 saturated carbocycles. The molecule has 21 heavy (non-hydrogen) atoms. The Labute approximate surface area is 132 Å². The zero-order chi connectivity index (χ0) is 14.8. The molecule has 0 amide bonds. The Morgan fingerprint density at radius 1 is 1.14 bits per heavy atom. The maximum Gasteiger partial charge on any atom is 0.0344 e. The van der Waals surface area contributed by atoms with Crippen molar-refractivity contribution in [3.8, 4) is 0 Å². The van der Waals surface area contributed by atoms with Gasteiger partial charge >= 0.3 is 0 Å². The zero-order valence-electron chi connectivity index (χ0n) is 13.0. The summed E-state index contributed by atoms with van der Waals surface area (Å²) in [7, 11) is 0. The molecule has 0 bridgehead atoms. The molecule has 1 heterocycles. The average molecular weight is 297 g/mol. The third-order valence-corrected chi connectivity index (χ3v) is 5.43. The van der Waals surface area contributed by atoms with E-state index in [1.54, 1.807) is 0 Å². The van der Waals surface area contributed by atoms with Gasteiger partial charge in [-0.25, -0.2) is 0 Å². The molecule has 1 N–H and O–H groups in total. The van der Waals surface area contributed by atoms with Gasteiger partial charge in [-0.3, -0.25) is 0 Å². The van der Waals surface area contributed by atoms with Gasteiger partial charge in [-0.05, 0) is 55.7 Å². The molecule has 0 aromatic heterocycles. The zero-order valence-corrected chi connectivity index (χ0v) is 13.8. The Morgan fingerprint density at radius 3 is 2.81 bits per heavy atom.